The van der Waals surface area contributed by atoms with Crippen LogP contribution in [0.25, 0.3) is 0 Å². The summed E-state index contributed by atoms with van der Waals surface area (Å²) in [5.41, 5.74) is 0. The summed E-state index contributed by atoms with van der Waals surface area (Å²) in [6.45, 7) is 4.04. The van der Waals surface area contributed by atoms with Crippen molar-refractivity contribution in [2.24, 2.45) is 5.92 Å². The molecule has 6 heteroatoms. The molecule has 2 aliphatic rings. The third-order valence-corrected chi connectivity index (χ3v) is 6.82. The Bertz CT molecular complexity index is 528. The maximum absolute atomic E-state index is 12.4. The maximum atomic E-state index is 12.4. The largest absolute Gasteiger partial charge is 0.341 e. The van der Waals surface area contributed by atoms with Crippen molar-refractivity contribution >= 4 is 34.9 Å². The van der Waals surface area contributed by atoms with Gasteiger partial charge in [0.2, 0.25) is 11.8 Å². The van der Waals surface area contributed by atoms with Gasteiger partial charge in [-0.05, 0) is 31.2 Å². The van der Waals surface area contributed by atoms with Gasteiger partial charge < -0.3 is 9.80 Å². The average Bonchev–Trinajstić information content (AvgIpc) is 3.07. The Morgan fingerprint density at radius 2 is 2.27 bits per heavy atom. The molecule has 0 N–H and O–H groups in total. The van der Waals surface area contributed by atoms with Crippen molar-refractivity contribution in [3.8, 4) is 0 Å². The molecule has 1 aliphatic carbocycles. The number of rotatable bonds is 6. The lowest BCUT2D eigenvalue weighted by Gasteiger charge is -2.32. The molecular formula is C16H22N2O2S2. The van der Waals surface area contributed by atoms with Gasteiger partial charge in [0.1, 0.15) is 5.37 Å². The first kappa shape index (κ1) is 15.9. The van der Waals surface area contributed by atoms with Crippen LogP contribution in [0.5, 0.6) is 0 Å². The second-order valence-corrected chi connectivity index (χ2v) is 7.86. The molecule has 2 heterocycles. The first-order chi connectivity index (χ1) is 10.7. The molecule has 1 saturated carbocycles. The van der Waals surface area contributed by atoms with Crippen molar-refractivity contribution in [2.75, 3.05) is 25.4 Å². The summed E-state index contributed by atoms with van der Waals surface area (Å²) < 4.78 is 0. The number of hydrogen-bond donors (Lipinski definition) is 0. The molecule has 1 aliphatic heterocycles. The summed E-state index contributed by atoms with van der Waals surface area (Å²) in [5, 5.41) is 2.18. The first-order valence-electron chi connectivity index (χ1n) is 7.94. The fourth-order valence-corrected chi connectivity index (χ4v) is 5.13. The summed E-state index contributed by atoms with van der Waals surface area (Å²) in [7, 11) is 0. The SMILES string of the molecule is CCN(CCN1C(=O)CSC1c1cccs1)C(=O)C1CCC1. The summed E-state index contributed by atoms with van der Waals surface area (Å²) in [6, 6.07) is 4.12. The molecule has 0 bridgehead atoms. The molecule has 0 spiro atoms. The van der Waals surface area contributed by atoms with E-state index in [0.717, 1.165) is 19.4 Å². The van der Waals surface area contributed by atoms with Gasteiger partial charge in [0, 0.05) is 30.4 Å². The van der Waals surface area contributed by atoms with Gasteiger partial charge in [0.05, 0.1) is 5.75 Å². The quantitative estimate of drug-likeness (QED) is 0.801. The first-order valence-corrected chi connectivity index (χ1v) is 9.86. The standard InChI is InChI=1S/C16H22N2O2S2/c1-2-17(15(20)12-5-3-6-12)8-9-18-14(19)11-22-16(18)13-7-4-10-21-13/h4,7,10,12,16H,2-3,5-6,8-9,11H2,1H3. The van der Waals surface area contributed by atoms with E-state index in [1.54, 1.807) is 23.1 Å². The molecule has 1 unspecified atom stereocenters. The Morgan fingerprint density at radius 3 is 2.86 bits per heavy atom. The van der Waals surface area contributed by atoms with Crippen molar-refractivity contribution in [2.45, 2.75) is 31.6 Å². The van der Waals surface area contributed by atoms with Gasteiger partial charge in [-0.25, -0.2) is 0 Å². The number of nitrogens with zero attached hydrogens (tertiary/aromatic N) is 2. The zero-order chi connectivity index (χ0) is 15.5. The molecular weight excluding hydrogens is 316 g/mol. The fraction of sp³-hybridized carbons (Fsp3) is 0.625. The van der Waals surface area contributed by atoms with E-state index in [2.05, 4.69) is 11.4 Å². The lowest BCUT2D eigenvalue weighted by atomic mass is 9.84. The number of likely N-dealkylation sites (N-methyl/N-ethyl adjacent to an activating group) is 1. The van der Waals surface area contributed by atoms with Crippen LogP contribution < -0.4 is 0 Å². The van der Waals surface area contributed by atoms with E-state index in [1.807, 2.05) is 22.8 Å². The van der Waals surface area contributed by atoms with Crippen LogP contribution in [-0.4, -0.2) is 47.0 Å². The van der Waals surface area contributed by atoms with Crippen molar-refractivity contribution < 1.29 is 9.59 Å². The molecule has 4 nitrogen and oxygen atoms in total. The molecule has 1 aromatic rings. The van der Waals surface area contributed by atoms with E-state index in [-0.39, 0.29) is 23.1 Å². The summed E-state index contributed by atoms with van der Waals surface area (Å²) >= 11 is 3.38. The van der Waals surface area contributed by atoms with Crippen LogP contribution in [0.15, 0.2) is 17.5 Å². The van der Waals surface area contributed by atoms with Crippen LogP contribution in [0.3, 0.4) is 0 Å². The normalized spacial score (nSPS) is 22.0. The van der Waals surface area contributed by atoms with Gasteiger partial charge in [0.15, 0.2) is 0 Å². The summed E-state index contributed by atoms with van der Waals surface area (Å²) in [6.07, 6.45) is 3.24. The van der Waals surface area contributed by atoms with Gasteiger partial charge in [-0.2, -0.15) is 0 Å². The van der Waals surface area contributed by atoms with Gasteiger partial charge in [-0.15, -0.1) is 23.1 Å². The molecule has 3 rings (SSSR count). The molecule has 1 aromatic heterocycles. The third-order valence-electron chi connectivity index (χ3n) is 4.51. The highest BCUT2D eigenvalue weighted by Gasteiger charge is 2.34. The van der Waals surface area contributed by atoms with Crippen LogP contribution in [0.4, 0.5) is 0 Å². The monoisotopic (exact) mass is 338 g/mol. The molecule has 120 valence electrons. The summed E-state index contributed by atoms with van der Waals surface area (Å²) in [4.78, 5) is 29.6. The second-order valence-electron chi connectivity index (χ2n) is 5.81. The predicted octanol–water partition coefficient (Wildman–Crippen LogP) is 2.97. The Labute approximate surface area is 139 Å². The van der Waals surface area contributed by atoms with E-state index in [1.165, 1.54) is 11.3 Å². The van der Waals surface area contributed by atoms with Crippen molar-refractivity contribution in [3.05, 3.63) is 22.4 Å². The average molecular weight is 338 g/mol. The molecule has 0 aromatic carbocycles. The lowest BCUT2D eigenvalue weighted by molar-refractivity contribution is -0.139. The number of carbonyl (C=O) groups is 2. The number of hydrogen-bond acceptors (Lipinski definition) is 4. The van der Waals surface area contributed by atoms with Crippen LogP contribution in [0.1, 0.15) is 36.4 Å². The highest BCUT2D eigenvalue weighted by Crippen LogP contribution is 2.40. The third kappa shape index (κ3) is 3.18. The minimum atomic E-state index is 0.130. The van der Waals surface area contributed by atoms with Gasteiger partial charge in [-0.1, -0.05) is 12.5 Å². The van der Waals surface area contributed by atoms with Crippen LogP contribution in [0.2, 0.25) is 0 Å². The Morgan fingerprint density at radius 1 is 1.45 bits per heavy atom. The Hall–Kier alpha value is -1.01. The zero-order valence-corrected chi connectivity index (χ0v) is 14.5. The number of carbonyl (C=O) groups excluding carboxylic acids is 2. The minimum Gasteiger partial charge on any atom is -0.341 e. The lowest BCUT2D eigenvalue weighted by Crippen LogP contribution is -2.43. The summed E-state index contributed by atoms with van der Waals surface area (Å²) in [5.74, 6) is 1.25. The van der Waals surface area contributed by atoms with E-state index in [4.69, 9.17) is 0 Å². The van der Waals surface area contributed by atoms with Crippen LogP contribution in [0, 0.1) is 5.92 Å². The Balaban J connectivity index is 1.60. The van der Waals surface area contributed by atoms with E-state index in [0.29, 0.717) is 18.8 Å². The second kappa shape index (κ2) is 7.04. The van der Waals surface area contributed by atoms with E-state index < -0.39 is 0 Å². The van der Waals surface area contributed by atoms with Gasteiger partial charge in [0.25, 0.3) is 0 Å². The van der Waals surface area contributed by atoms with Crippen LogP contribution in [-0.2, 0) is 9.59 Å². The minimum absolute atomic E-state index is 0.130. The molecule has 2 amide bonds. The highest BCUT2D eigenvalue weighted by molar-refractivity contribution is 8.00. The van der Waals surface area contributed by atoms with E-state index >= 15 is 0 Å². The van der Waals surface area contributed by atoms with Gasteiger partial charge in [-0.3, -0.25) is 9.59 Å². The smallest absolute Gasteiger partial charge is 0.233 e. The molecule has 1 atom stereocenters. The van der Waals surface area contributed by atoms with Crippen molar-refractivity contribution in [1.29, 1.82) is 0 Å². The van der Waals surface area contributed by atoms with Crippen molar-refractivity contribution in [1.82, 2.24) is 9.80 Å². The maximum Gasteiger partial charge on any atom is 0.233 e. The molecule has 0 radical (unpaired) electrons. The highest BCUT2D eigenvalue weighted by atomic mass is 32.2. The van der Waals surface area contributed by atoms with Gasteiger partial charge >= 0.3 is 0 Å². The predicted molar refractivity (Wildman–Crippen MR) is 90.8 cm³/mol. The van der Waals surface area contributed by atoms with Crippen LogP contribution >= 0.6 is 23.1 Å². The topological polar surface area (TPSA) is 40.6 Å². The van der Waals surface area contributed by atoms with E-state index in [9.17, 15) is 9.59 Å². The Kier molecular flexibility index (Phi) is 5.08. The molecule has 1 saturated heterocycles. The molecule has 22 heavy (non-hydrogen) atoms. The number of amides is 2. The number of thiophene rings is 1. The van der Waals surface area contributed by atoms with Crippen molar-refractivity contribution in [3.63, 3.8) is 0 Å². The fourth-order valence-electron chi connectivity index (χ4n) is 2.93. The number of thioether (sulfide) groups is 1. The molecule has 2 fully saturated rings. The zero-order valence-electron chi connectivity index (χ0n) is 12.9.